The summed E-state index contributed by atoms with van der Waals surface area (Å²) in [6.07, 6.45) is 4.26. The molecule has 208 valence electrons. The second-order valence-corrected chi connectivity index (χ2v) is 9.90. The summed E-state index contributed by atoms with van der Waals surface area (Å²) in [7, 11) is 1.38. The van der Waals surface area contributed by atoms with Crippen molar-refractivity contribution in [2.45, 2.75) is 18.9 Å². The van der Waals surface area contributed by atoms with Crippen LogP contribution in [0.4, 0.5) is 4.39 Å². The third-order valence-corrected chi connectivity index (χ3v) is 7.26. The van der Waals surface area contributed by atoms with Gasteiger partial charge in [-0.05, 0) is 78.1 Å². The minimum Gasteiger partial charge on any atom is -0.494 e. The summed E-state index contributed by atoms with van der Waals surface area (Å²) in [5, 5.41) is 2.89. The number of hydrogen-bond donors (Lipinski definition) is 1. The number of carbonyl (C=O) groups excluding carboxylic acids is 2. The molecule has 0 spiro atoms. The Morgan fingerprint density at radius 1 is 1.05 bits per heavy atom. The molecule has 8 bridgehead atoms. The first-order valence-corrected chi connectivity index (χ1v) is 13.4. The van der Waals surface area contributed by atoms with Crippen molar-refractivity contribution in [1.29, 1.82) is 0 Å². The van der Waals surface area contributed by atoms with Crippen LogP contribution in [-0.2, 0) is 6.42 Å². The summed E-state index contributed by atoms with van der Waals surface area (Å²) in [6.45, 7) is 1.26. The van der Waals surface area contributed by atoms with Crippen LogP contribution in [-0.4, -0.2) is 48.5 Å². The van der Waals surface area contributed by atoms with E-state index in [1.165, 1.54) is 31.5 Å². The summed E-state index contributed by atoms with van der Waals surface area (Å²) < 4.78 is 31.4. The highest BCUT2D eigenvalue weighted by atomic mass is 19.1. The van der Waals surface area contributed by atoms with Crippen molar-refractivity contribution in [2.75, 3.05) is 26.8 Å². The summed E-state index contributed by atoms with van der Waals surface area (Å²) in [5.74, 6) is 0.739. The smallest absolute Gasteiger partial charge is 0.254 e. The normalized spacial score (nSPS) is 16.5. The molecule has 1 N–H and O–H groups in total. The van der Waals surface area contributed by atoms with Crippen LogP contribution in [0, 0.1) is 5.82 Å². The van der Waals surface area contributed by atoms with Crippen molar-refractivity contribution < 1.29 is 28.2 Å². The number of ether oxygens (including phenoxy) is 3. The minimum absolute atomic E-state index is 0.0184. The monoisotopic (exact) mass is 553 g/mol. The van der Waals surface area contributed by atoms with Crippen LogP contribution in [0.5, 0.6) is 23.0 Å². The third-order valence-electron chi connectivity index (χ3n) is 7.26. The Balaban J connectivity index is 1.42. The summed E-state index contributed by atoms with van der Waals surface area (Å²) in [4.78, 5) is 32.5. The maximum absolute atomic E-state index is 14.1. The van der Waals surface area contributed by atoms with Crippen LogP contribution in [0.3, 0.4) is 0 Å². The van der Waals surface area contributed by atoms with Gasteiger partial charge in [0.05, 0.1) is 31.5 Å². The molecule has 8 nitrogen and oxygen atoms in total. The van der Waals surface area contributed by atoms with Gasteiger partial charge in [-0.15, -0.1) is 0 Å². The van der Waals surface area contributed by atoms with Crippen molar-refractivity contribution in [3.05, 3.63) is 113 Å². The van der Waals surface area contributed by atoms with E-state index in [9.17, 15) is 14.0 Å². The van der Waals surface area contributed by atoms with Gasteiger partial charge < -0.3 is 24.4 Å². The van der Waals surface area contributed by atoms with Crippen molar-refractivity contribution in [3.8, 4) is 23.0 Å². The molecule has 4 heterocycles. The van der Waals surface area contributed by atoms with Crippen LogP contribution in [0.2, 0.25) is 0 Å². The van der Waals surface area contributed by atoms with Crippen LogP contribution in [0.1, 0.15) is 49.9 Å². The quantitative estimate of drug-likeness (QED) is 0.361. The lowest BCUT2D eigenvalue weighted by atomic mass is 9.87. The van der Waals surface area contributed by atoms with Gasteiger partial charge in [-0.25, -0.2) is 4.39 Å². The molecule has 0 fully saturated rings. The van der Waals surface area contributed by atoms with Gasteiger partial charge >= 0.3 is 0 Å². The van der Waals surface area contributed by atoms with E-state index in [4.69, 9.17) is 14.2 Å². The summed E-state index contributed by atoms with van der Waals surface area (Å²) in [6, 6.07) is 18.9. The third kappa shape index (κ3) is 5.43. The van der Waals surface area contributed by atoms with Crippen LogP contribution in [0.25, 0.3) is 0 Å². The standard InChI is InChI=1S/C32H28FN3O5/c1-39-29-17-22(6-9-28(29)33)32(38)36-12-10-20-14-25-7-8-27(20)30(36)21-4-2-5-24(15-21)40-13-3-11-35-31(37)23-16-26(41-25)19-34-18-23/h2,4-9,14-19,30H,3,10-13H2,1H3,(H,35,37). The fraction of sp³-hybridized carbons (Fsp3) is 0.219. The molecule has 7 rings (SSSR count). The van der Waals surface area contributed by atoms with E-state index in [1.54, 1.807) is 17.2 Å². The molecule has 0 saturated carbocycles. The molecule has 2 amide bonds. The van der Waals surface area contributed by atoms with Gasteiger partial charge in [0.25, 0.3) is 11.8 Å². The molecule has 1 unspecified atom stereocenters. The van der Waals surface area contributed by atoms with Crippen molar-refractivity contribution >= 4 is 11.8 Å². The van der Waals surface area contributed by atoms with Gasteiger partial charge in [0.2, 0.25) is 0 Å². The zero-order valence-electron chi connectivity index (χ0n) is 22.4. The van der Waals surface area contributed by atoms with E-state index in [-0.39, 0.29) is 17.6 Å². The highest BCUT2D eigenvalue weighted by Gasteiger charge is 2.33. The number of benzene rings is 3. The van der Waals surface area contributed by atoms with E-state index >= 15 is 0 Å². The molecule has 0 saturated heterocycles. The fourth-order valence-electron chi connectivity index (χ4n) is 5.28. The number of rotatable bonds is 2. The number of aromatic nitrogens is 1. The first-order chi connectivity index (χ1) is 20.0. The summed E-state index contributed by atoms with van der Waals surface area (Å²) in [5.41, 5.74) is 3.61. The number of halogens is 1. The fourth-order valence-corrected chi connectivity index (χ4v) is 5.28. The number of amides is 2. The molecular weight excluding hydrogens is 525 g/mol. The number of nitrogens with one attached hydrogen (secondary N) is 1. The first kappa shape index (κ1) is 26.3. The highest BCUT2D eigenvalue weighted by molar-refractivity contribution is 5.95. The highest BCUT2D eigenvalue weighted by Crippen LogP contribution is 2.39. The molecule has 1 aromatic heterocycles. The Hall–Kier alpha value is -4.92. The van der Waals surface area contributed by atoms with Gasteiger partial charge in [0, 0.05) is 24.8 Å². The molecule has 3 aliphatic heterocycles. The Kier molecular flexibility index (Phi) is 7.24. The van der Waals surface area contributed by atoms with Gasteiger partial charge in [-0.2, -0.15) is 0 Å². The lowest BCUT2D eigenvalue weighted by Gasteiger charge is -2.38. The lowest BCUT2D eigenvalue weighted by Crippen LogP contribution is -2.40. The van der Waals surface area contributed by atoms with E-state index in [2.05, 4.69) is 10.3 Å². The van der Waals surface area contributed by atoms with Crippen molar-refractivity contribution in [3.63, 3.8) is 0 Å². The predicted octanol–water partition coefficient (Wildman–Crippen LogP) is 5.32. The van der Waals surface area contributed by atoms with Crippen LogP contribution < -0.4 is 19.5 Å². The summed E-state index contributed by atoms with van der Waals surface area (Å²) >= 11 is 0. The zero-order valence-corrected chi connectivity index (χ0v) is 22.4. The molecule has 4 aromatic rings. The Labute approximate surface area is 236 Å². The molecule has 0 aliphatic carbocycles. The van der Waals surface area contributed by atoms with Gasteiger partial charge in [0.1, 0.15) is 17.2 Å². The number of fused-ring (bicyclic) bond motifs is 6. The number of carbonyl (C=O) groups is 2. The molecule has 3 aliphatic rings. The van der Waals surface area contributed by atoms with Crippen molar-refractivity contribution in [1.82, 2.24) is 15.2 Å². The van der Waals surface area contributed by atoms with Gasteiger partial charge in [-0.3, -0.25) is 14.6 Å². The van der Waals surface area contributed by atoms with E-state index in [1.807, 2.05) is 42.5 Å². The zero-order chi connectivity index (χ0) is 28.3. The topological polar surface area (TPSA) is 90.0 Å². The lowest BCUT2D eigenvalue weighted by molar-refractivity contribution is 0.0693. The first-order valence-electron chi connectivity index (χ1n) is 13.4. The number of methoxy groups -OCH3 is 1. The Bertz CT molecular complexity index is 1620. The minimum atomic E-state index is -0.526. The Morgan fingerprint density at radius 3 is 2.83 bits per heavy atom. The number of nitrogens with zero attached hydrogens (tertiary/aromatic N) is 2. The van der Waals surface area contributed by atoms with Crippen molar-refractivity contribution in [2.24, 2.45) is 0 Å². The van der Waals surface area contributed by atoms with E-state index in [0.717, 1.165) is 16.7 Å². The molecule has 0 radical (unpaired) electrons. The molecular formula is C32H28FN3O5. The SMILES string of the molecule is COc1cc(C(=O)N2CCc3cc4ccc3C2c2cccc(c2)OCCCNC(=O)c2cncc(c2)O4)ccc1F. The second kappa shape index (κ2) is 11.3. The molecule has 41 heavy (non-hydrogen) atoms. The molecule has 9 heteroatoms. The van der Waals surface area contributed by atoms with Gasteiger partial charge in [-0.1, -0.05) is 18.2 Å². The largest absolute Gasteiger partial charge is 0.494 e. The van der Waals surface area contributed by atoms with E-state index < -0.39 is 11.9 Å². The maximum atomic E-state index is 14.1. The van der Waals surface area contributed by atoms with E-state index in [0.29, 0.717) is 60.9 Å². The second-order valence-electron chi connectivity index (χ2n) is 9.90. The average Bonchev–Trinajstić information content (AvgIpc) is 3.00. The number of hydrogen-bond acceptors (Lipinski definition) is 6. The Morgan fingerprint density at radius 2 is 1.95 bits per heavy atom. The van der Waals surface area contributed by atoms with Crippen LogP contribution >= 0.6 is 0 Å². The predicted molar refractivity (Wildman–Crippen MR) is 149 cm³/mol. The number of pyridine rings is 1. The maximum Gasteiger partial charge on any atom is 0.254 e. The molecule has 1 atom stereocenters. The molecule has 3 aromatic carbocycles. The van der Waals surface area contributed by atoms with Gasteiger partial charge in [0.15, 0.2) is 11.6 Å². The average molecular weight is 554 g/mol. The van der Waals surface area contributed by atoms with Crippen LogP contribution in [0.15, 0.2) is 79.1 Å².